The molecule has 8 heteroatoms. The van der Waals surface area contributed by atoms with Crippen LogP contribution in [0.15, 0.2) is 36.7 Å². The molecule has 2 aromatic heterocycles. The van der Waals surface area contributed by atoms with E-state index in [1.807, 2.05) is 42.8 Å². The SMILES string of the molecule is Cc1nn(Cc2ccccc2Cl)c(C)c1CN(C)C(=O)Nc1cn[nH]c1. The Bertz CT molecular complexity index is 903. The molecule has 7 nitrogen and oxygen atoms in total. The number of aromatic nitrogens is 4. The van der Waals surface area contributed by atoms with Crippen molar-refractivity contribution in [3.63, 3.8) is 0 Å². The Kier molecular flexibility index (Phi) is 5.27. The zero-order valence-corrected chi connectivity index (χ0v) is 15.7. The molecule has 0 radical (unpaired) electrons. The lowest BCUT2D eigenvalue weighted by Crippen LogP contribution is -2.31. The Hall–Kier alpha value is -2.80. The van der Waals surface area contributed by atoms with Crippen molar-refractivity contribution in [1.82, 2.24) is 24.9 Å². The summed E-state index contributed by atoms with van der Waals surface area (Å²) in [6.07, 6.45) is 3.19. The molecule has 0 spiro atoms. The third-order valence-corrected chi connectivity index (χ3v) is 4.67. The van der Waals surface area contributed by atoms with Gasteiger partial charge in [0.05, 0.1) is 30.7 Å². The minimum absolute atomic E-state index is 0.205. The fourth-order valence-corrected chi connectivity index (χ4v) is 2.95. The van der Waals surface area contributed by atoms with Gasteiger partial charge in [0.1, 0.15) is 0 Å². The number of aryl methyl sites for hydroxylation is 1. The van der Waals surface area contributed by atoms with Gasteiger partial charge in [-0.2, -0.15) is 10.2 Å². The molecule has 0 aliphatic carbocycles. The van der Waals surface area contributed by atoms with E-state index < -0.39 is 0 Å². The van der Waals surface area contributed by atoms with E-state index >= 15 is 0 Å². The van der Waals surface area contributed by atoms with E-state index in [0.29, 0.717) is 18.8 Å². The molecule has 1 aromatic carbocycles. The summed E-state index contributed by atoms with van der Waals surface area (Å²) in [5.74, 6) is 0. The first kappa shape index (κ1) is 18.0. The van der Waals surface area contributed by atoms with E-state index in [0.717, 1.165) is 27.5 Å². The number of H-pyrrole nitrogens is 1. The van der Waals surface area contributed by atoms with Crippen LogP contribution >= 0.6 is 11.6 Å². The third kappa shape index (κ3) is 3.88. The van der Waals surface area contributed by atoms with Gasteiger partial charge in [0.15, 0.2) is 0 Å². The van der Waals surface area contributed by atoms with Crippen LogP contribution < -0.4 is 5.32 Å². The molecule has 3 rings (SSSR count). The quantitative estimate of drug-likeness (QED) is 0.718. The van der Waals surface area contributed by atoms with Gasteiger partial charge in [-0.15, -0.1) is 0 Å². The van der Waals surface area contributed by atoms with Crippen LogP contribution in [-0.4, -0.2) is 38.0 Å². The molecule has 0 aliphatic heterocycles. The molecule has 0 fully saturated rings. The number of aromatic amines is 1. The summed E-state index contributed by atoms with van der Waals surface area (Å²) in [6.45, 7) is 5.02. The van der Waals surface area contributed by atoms with Crippen LogP contribution in [0.25, 0.3) is 0 Å². The molecule has 2 heterocycles. The van der Waals surface area contributed by atoms with Crippen molar-refractivity contribution in [2.75, 3.05) is 12.4 Å². The standard InChI is InChI=1S/C18H21ClN6O/c1-12-16(11-24(3)18(26)22-15-8-20-21-9-15)13(2)25(23-12)10-14-6-4-5-7-17(14)19/h4-9H,10-11H2,1-3H3,(H,20,21)(H,22,26). The smallest absolute Gasteiger partial charge is 0.321 e. The van der Waals surface area contributed by atoms with Gasteiger partial charge in [-0.3, -0.25) is 9.78 Å². The minimum Gasteiger partial charge on any atom is -0.323 e. The molecule has 0 unspecified atom stereocenters. The number of halogens is 1. The van der Waals surface area contributed by atoms with E-state index in [2.05, 4.69) is 20.6 Å². The summed E-state index contributed by atoms with van der Waals surface area (Å²) >= 11 is 6.26. The summed E-state index contributed by atoms with van der Waals surface area (Å²) in [6, 6.07) is 7.53. The van der Waals surface area contributed by atoms with Crippen molar-refractivity contribution in [2.24, 2.45) is 0 Å². The molecule has 136 valence electrons. The van der Waals surface area contributed by atoms with Gasteiger partial charge in [-0.05, 0) is 25.5 Å². The van der Waals surface area contributed by atoms with Crippen molar-refractivity contribution in [3.8, 4) is 0 Å². The van der Waals surface area contributed by atoms with Crippen LogP contribution in [0.5, 0.6) is 0 Å². The number of hydrogen-bond acceptors (Lipinski definition) is 3. The maximum absolute atomic E-state index is 12.3. The van der Waals surface area contributed by atoms with E-state index in [-0.39, 0.29) is 6.03 Å². The summed E-state index contributed by atoms with van der Waals surface area (Å²) in [4.78, 5) is 13.9. The highest BCUT2D eigenvalue weighted by atomic mass is 35.5. The van der Waals surface area contributed by atoms with Crippen LogP contribution in [0.4, 0.5) is 10.5 Å². The second-order valence-electron chi connectivity index (χ2n) is 6.17. The zero-order valence-electron chi connectivity index (χ0n) is 15.0. The summed E-state index contributed by atoms with van der Waals surface area (Å²) < 4.78 is 1.92. The largest absolute Gasteiger partial charge is 0.323 e. The number of nitrogens with one attached hydrogen (secondary N) is 2. The van der Waals surface area contributed by atoms with Crippen LogP contribution in [0.2, 0.25) is 5.02 Å². The Morgan fingerprint density at radius 3 is 2.81 bits per heavy atom. The molecule has 26 heavy (non-hydrogen) atoms. The lowest BCUT2D eigenvalue weighted by molar-refractivity contribution is 0.220. The minimum atomic E-state index is -0.205. The molecule has 2 N–H and O–H groups in total. The predicted molar refractivity (Wildman–Crippen MR) is 101 cm³/mol. The molecule has 0 saturated heterocycles. The Balaban J connectivity index is 1.73. The van der Waals surface area contributed by atoms with Gasteiger partial charge in [0.2, 0.25) is 0 Å². The average Bonchev–Trinajstić information content (AvgIpc) is 3.20. The maximum Gasteiger partial charge on any atom is 0.321 e. The van der Waals surface area contributed by atoms with Gasteiger partial charge < -0.3 is 10.2 Å². The number of carbonyl (C=O) groups excluding carboxylic acids is 1. The molecule has 0 aliphatic rings. The van der Waals surface area contributed by atoms with Gasteiger partial charge in [-0.25, -0.2) is 4.79 Å². The third-order valence-electron chi connectivity index (χ3n) is 4.30. The van der Waals surface area contributed by atoms with E-state index in [1.54, 1.807) is 24.3 Å². The number of anilines is 1. The molecular formula is C18H21ClN6O. The second kappa shape index (κ2) is 7.61. The van der Waals surface area contributed by atoms with Crippen LogP contribution in [0.1, 0.15) is 22.5 Å². The molecular weight excluding hydrogens is 352 g/mol. The van der Waals surface area contributed by atoms with Crippen LogP contribution in [0.3, 0.4) is 0 Å². The number of carbonyl (C=O) groups is 1. The van der Waals surface area contributed by atoms with Crippen molar-refractivity contribution < 1.29 is 4.79 Å². The topological polar surface area (TPSA) is 78.8 Å². The first-order chi connectivity index (χ1) is 12.5. The molecule has 0 bridgehead atoms. The van der Waals surface area contributed by atoms with Crippen molar-refractivity contribution in [1.29, 1.82) is 0 Å². The lowest BCUT2D eigenvalue weighted by Gasteiger charge is -2.17. The number of hydrogen-bond donors (Lipinski definition) is 2. The molecule has 2 amide bonds. The zero-order chi connectivity index (χ0) is 18.7. The Morgan fingerprint density at radius 2 is 2.12 bits per heavy atom. The highest BCUT2D eigenvalue weighted by Crippen LogP contribution is 2.20. The van der Waals surface area contributed by atoms with Gasteiger partial charge >= 0.3 is 6.03 Å². The number of amides is 2. The van der Waals surface area contributed by atoms with Gasteiger partial charge in [0, 0.05) is 29.5 Å². The molecule has 0 atom stereocenters. The first-order valence-corrected chi connectivity index (χ1v) is 8.60. The molecule has 3 aromatic rings. The summed E-state index contributed by atoms with van der Waals surface area (Å²) in [5, 5.41) is 14.6. The molecule has 0 saturated carbocycles. The van der Waals surface area contributed by atoms with E-state index in [9.17, 15) is 4.79 Å². The van der Waals surface area contributed by atoms with Crippen molar-refractivity contribution in [3.05, 3.63) is 64.2 Å². The highest BCUT2D eigenvalue weighted by molar-refractivity contribution is 6.31. The average molecular weight is 373 g/mol. The second-order valence-corrected chi connectivity index (χ2v) is 6.58. The summed E-state index contributed by atoms with van der Waals surface area (Å²) in [7, 11) is 1.75. The Morgan fingerprint density at radius 1 is 1.35 bits per heavy atom. The van der Waals surface area contributed by atoms with Crippen LogP contribution in [0, 0.1) is 13.8 Å². The van der Waals surface area contributed by atoms with Crippen molar-refractivity contribution >= 4 is 23.3 Å². The number of benzene rings is 1. The highest BCUT2D eigenvalue weighted by Gasteiger charge is 2.17. The maximum atomic E-state index is 12.3. The summed E-state index contributed by atoms with van der Waals surface area (Å²) in [5.41, 5.74) is 4.59. The number of nitrogens with zero attached hydrogens (tertiary/aromatic N) is 4. The fourth-order valence-electron chi connectivity index (χ4n) is 2.75. The van der Waals surface area contributed by atoms with E-state index in [1.165, 1.54) is 0 Å². The normalized spacial score (nSPS) is 10.8. The van der Waals surface area contributed by atoms with E-state index in [4.69, 9.17) is 11.6 Å². The number of urea groups is 1. The lowest BCUT2D eigenvalue weighted by atomic mass is 10.2. The van der Waals surface area contributed by atoms with Gasteiger partial charge in [-0.1, -0.05) is 29.8 Å². The van der Waals surface area contributed by atoms with Crippen molar-refractivity contribution in [2.45, 2.75) is 26.9 Å². The Labute approximate surface area is 157 Å². The van der Waals surface area contributed by atoms with Gasteiger partial charge in [0.25, 0.3) is 0 Å². The fraction of sp³-hybridized carbons (Fsp3) is 0.278. The van der Waals surface area contributed by atoms with Crippen LogP contribution in [-0.2, 0) is 13.1 Å². The number of rotatable bonds is 5. The first-order valence-electron chi connectivity index (χ1n) is 8.23. The predicted octanol–water partition coefficient (Wildman–Crippen LogP) is 3.59. The monoisotopic (exact) mass is 372 g/mol.